The molecule has 0 amide bonds. The second-order valence-corrected chi connectivity index (χ2v) is 12.1. The summed E-state index contributed by atoms with van der Waals surface area (Å²) in [5.74, 6) is -1.05. The van der Waals surface area contributed by atoms with E-state index in [2.05, 4.69) is 40.8 Å². The molecular formula is C15H26O4Si. The average Bonchev–Trinajstić information content (AvgIpc) is 2.65. The standard InChI is InChI=1S/C15H26O4Si/c1-11-8-10-17-15(9-7-12(16)18-15)13(11)19-20(5,6)14(2,3)4/h7,9,11,13H,8,10H2,1-6H3/t11-,13-,15?/m1/s1. The van der Waals surface area contributed by atoms with Gasteiger partial charge in [0.1, 0.15) is 6.10 Å². The Kier molecular flexibility index (Phi) is 3.90. The monoisotopic (exact) mass is 298 g/mol. The molecule has 3 atom stereocenters. The zero-order valence-corrected chi connectivity index (χ0v) is 14.4. The van der Waals surface area contributed by atoms with Gasteiger partial charge in [0.05, 0.1) is 6.61 Å². The van der Waals surface area contributed by atoms with Crippen LogP contribution in [0.25, 0.3) is 0 Å². The highest BCUT2D eigenvalue weighted by atomic mass is 28.4. The van der Waals surface area contributed by atoms with E-state index in [-0.39, 0.29) is 17.1 Å². The largest absolute Gasteiger partial charge is 0.423 e. The summed E-state index contributed by atoms with van der Waals surface area (Å²) in [6.07, 6.45) is 3.87. The third-order valence-corrected chi connectivity index (χ3v) is 9.21. The fourth-order valence-electron chi connectivity index (χ4n) is 2.37. The van der Waals surface area contributed by atoms with Crippen molar-refractivity contribution in [3.8, 4) is 0 Å². The van der Waals surface area contributed by atoms with Gasteiger partial charge in [-0.3, -0.25) is 0 Å². The Hall–Kier alpha value is -0.653. The van der Waals surface area contributed by atoms with Gasteiger partial charge in [-0.15, -0.1) is 0 Å². The molecule has 2 heterocycles. The zero-order chi connectivity index (χ0) is 15.2. The average molecular weight is 298 g/mol. The molecule has 0 saturated carbocycles. The highest BCUT2D eigenvalue weighted by Crippen LogP contribution is 2.43. The molecule has 0 aromatic carbocycles. The Balaban J connectivity index is 2.26. The lowest BCUT2D eigenvalue weighted by molar-refractivity contribution is -0.259. The Morgan fingerprint density at radius 2 is 2.05 bits per heavy atom. The van der Waals surface area contributed by atoms with E-state index in [0.717, 1.165) is 6.42 Å². The van der Waals surface area contributed by atoms with Crippen LogP contribution in [0, 0.1) is 5.92 Å². The molecule has 20 heavy (non-hydrogen) atoms. The van der Waals surface area contributed by atoms with Gasteiger partial charge in [-0.1, -0.05) is 27.7 Å². The highest BCUT2D eigenvalue weighted by molar-refractivity contribution is 6.74. The highest BCUT2D eigenvalue weighted by Gasteiger charge is 2.53. The van der Waals surface area contributed by atoms with Gasteiger partial charge >= 0.3 is 5.97 Å². The van der Waals surface area contributed by atoms with Crippen molar-refractivity contribution in [1.82, 2.24) is 0 Å². The van der Waals surface area contributed by atoms with Gasteiger partial charge in [-0.25, -0.2) is 4.79 Å². The summed E-state index contributed by atoms with van der Waals surface area (Å²) in [4.78, 5) is 11.5. The summed E-state index contributed by atoms with van der Waals surface area (Å²) in [6.45, 7) is 13.8. The van der Waals surface area contributed by atoms with Crippen molar-refractivity contribution < 1.29 is 18.7 Å². The van der Waals surface area contributed by atoms with Crippen LogP contribution in [0.5, 0.6) is 0 Å². The van der Waals surface area contributed by atoms with Crippen LogP contribution in [0.2, 0.25) is 18.1 Å². The van der Waals surface area contributed by atoms with Crippen LogP contribution in [-0.2, 0) is 18.7 Å². The van der Waals surface area contributed by atoms with Crippen molar-refractivity contribution in [3.63, 3.8) is 0 Å². The van der Waals surface area contributed by atoms with Gasteiger partial charge in [0.15, 0.2) is 8.32 Å². The summed E-state index contributed by atoms with van der Waals surface area (Å²) in [6, 6.07) is 0. The van der Waals surface area contributed by atoms with E-state index < -0.39 is 14.1 Å². The molecule has 0 aromatic heterocycles. The minimum Gasteiger partial charge on any atom is -0.423 e. The molecule has 2 rings (SSSR count). The third kappa shape index (κ3) is 2.71. The number of esters is 1. The second-order valence-electron chi connectivity index (χ2n) is 7.39. The predicted octanol–water partition coefficient (Wildman–Crippen LogP) is 3.24. The SMILES string of the molecule is C[C@@H]1CCOC2(C=CC(=O)O2)[C@@H]1O[Si](C)(C)C(C)(C)C. The quantitative estimate of drug-likeness (QED) is 0.580. The van der Waals surface area contributed by atoms with Crippen molar-refractivity contribution in [3.05, 3.63) is 12.2 Å². The molecule has 0 aliphatic carbocycles. The van der Waals surface area contributed by atoms with Crippen molar-refractivity contribution in [2.75, 3.05) is 6.61 Å². The smallest absolute Gasteiger partial charge is 0.333 e. The summed E-state index contributed by atoms with van der Waals surface area (Å²) >= 11 is 0. The van der Waals surface area contributed by atoms with Gasteiger partial charge in [-0.05, 0) is 36.5 Å². The fraction of sp³-hybridized carbons (Fsp3) is 0.800. The Morgan fingerprint density at radius 3 is 2.55 bits per heavy atom. The third-order valence-electron chi connectivity index (χ3n) is 4.75. The number of carbonyl (C=O) groups excluding carboxylic acids is 1. The summed E-state index contributed by atoms with van der Waals surface area (Å²) in [7, 11) is -1.95. The summed E-state index contributed by atoms with van der Waals surface area (Å²) in [5.41, 5.74) is 0. The maximum absolute atomic E-state index is 11.5. The molecule has 114 valence electrons. The number of rotatable bonds is 2. The van der Waals surface area contributed by atoms with E-state index in [1.54, 1.807) is 6.08 Å². The Labute approximate surface area is 122 Å². The molecule has 0 radical (unpaired) electrons. The normalized spacial score (nSPS) is 34.6. The minimum atomic E-state index is -1.95. The van der Waals surface area contributed by atoms with Crippen LogP contribution < -0.4 is 0 Å². The van der Waals surface area contributed by atoms with E-state index in [1.807, 2.05) is 0 Å². The van der Waals surface area contributed by atoms with E-state index in [0.29, 0.717) is 12.5 Å². The number of hydrogen-bond donors (Lipinski definition) is 0. The maximum Gasteiger partial charge on any atom is 0.333 e. The predicted molar refractivity (Wildman–Crippen MR) is 79.8 cm³/mol. The number of ether oxygens (including phenoxy) is 2. The lowest BCUT2D eigenvalue weighted by Gasteiger charge is -2.47. The van der Waals surface area contributed by atoms with Crippen molar-refractivity contribution in [2.24, 2.45) is 5.92 Å². The van der Waals surface area contributed by atoms with Crippen LogP contribution in [0.4, 0.5) is 0 Å². The first kappa shape index (κ1) is 15.7. The Bertz CT molecular complexity index is 424. The van der Waals surface area contributed by atoms with Crippen LogP contribution in [0.3, 0.4) is 0 Å². The molecular weight excluding hydrogens is 272 g/mol. The molecule has 4 nitrogen and oxygen atoms in total. The van der Waals surface area contributed by atoms with Crippen LogP contribution >= 0.6 is 0 Å². The first-order valence-corrected chi connectivity index (χ1v) is 10.2. The van der Waals surface area contributed by atoms with E-state index >= 15 is 0 Å². The molecule has 1 saturated heterocycles. The van der Waals surface area contributed by atoms with E-state index in [1.165, 1.54) is 6.08 Å². The molecule has 1 unspecified atom stereocenters. The van der Waals surface area contributed by atoms with Gasteiger partial charge < -0.3 is 13.9 Å². The molecule has 2 aliphatic rings. The van der Waals surface area contributed by atoms with Crippen molar-refractivity contribution >= 4 is 14.3 Å². The van der Waals surface area contributed by atoms with Gasteiger partial charge in [0.25, 0.3) is 5.79 Å². The number of carbonyl (C=O) groups is 1. The van der Waals surface area contributed by atoms with Gasteiger partial charge in [0.2, 0.25) is 0 Å². The van der Waals surface area contributed by atoms with Crippen molar-refractivity contribution in [2.45, 2.75) is 64.1 Å². The Morgan fingerprint density at radius 1 is 1.40 bits per heavy atom. The van der Waals surface area contributed by atoms with Crippen LogP contribution in [-0.4, -0.2) is 32.8 Å². The molecule has 0 N–H and O–H groups in total. The molecule has 0 aromatic rings. The van der Waals surface area contributed by atoms with Gasteiger partial charge in [-0.2, -0.15) is 0 Å². The molecule has 2 aliphatic heterocycles. The van der Waals surface area contributed by atoms with Gasteiger partial charge in [0, 0.05) is 6.08 Å². The summed E-state index contributed by atoms with van der Waals surface area (Å²) < 4.78 is 17.8. The first-order chi connectivity index (χ1) is 9.07. The maximum atomic E-state index is 11.5. The molecule has 1 spiro atoms. The van der Waals surface area contributed by atoms with E-state index in [9.17, 15) is 4.79 Å². The van der Waals surface area contributed by atoms with Crippen molar-refractivity contribution in [1.29, 1.82) is 0 Å². The zero-order valence-electron chi connectivity index (χ0n) is 13.4. The lowest BCUT2D eigenvalue weighted by Crippen LogP contribution is -2.58. The molecule has 0 bridgehead atoms. The van der Waals surface area contributed by atoms with Crippen LogP contribution in [0.1, 0.15) is 34.1 Å². The summed E-state index contributed by atoms with van der Waals surface area (Å²) in [5, 5.41) is 0.109. The lowest BCUT2D eigenvalue weighted by atomic mass is 9.91. The molecule has 5 heteroatoms. The van der Waals surface area contributed by atoms with E-state index in [4.69, 9.17) is 13.9 Å². The first-order valence-electron chi connectivity index (χ1n) is 7.31. The van der Waals surface area contributed by atoms with Crippen LogP contribution in [0.15, 0.2) is 12.2 Å². The number of hydrogen-bond acceptors (Lipinski definition) is 4. The second kappa shape index (κ2) is 4.96. The molecule has 1 fully saturated rings. The topological polar surface area (TPSA) is 44.8 Å². The minimum absolute atomic E-state index is 0.109. The fourth-order valence-corrected chi connectivity index (χ4v) is 3.75.